The normalized spacial score (nSPS) is 25.8. The van der Waals surface area contributed by atoms with Crippen molar-refractivity contribution >= 4 is 29.0 Å². The van der Waals surface area contributed by atoms with Gasteiger partial charge in [-0.05, 0) is 56.4 Å². The van der Waals surface area contributed by atoms with Gasteiger partial charge in [-0.3, -0.25) is 4.79 Å². The number of amides is 1. The molecule has 2 fully saturated rings. The summed E-state index contributed by atoms with van der Waals surface area (Å²) in [6.45, 7) is 6.95. The van der Waals surface area contributed by atoms with Crippen molar-refractivity contribution in [3.8, 4) is 11.1 Å². The highest BCUT2D eigenvalue weighted by Gasteiger charge is 2.24. The van der Waals surface area contributed by atoms with Crippen LogP contribution >= 0.6 is 11.6 Å². The van der Waals surface area contributed by atoms with E-state index in [1.807, 2.05) is 12.1 Å². The predicted octanol–water partition coefficient (Wildman–Crippen LogP) is 3.94. The van der Waals surface area contributed by atoms with Gasteiger partial charge >= 0.3 is 0 Å². The van der Waals surface area contributed by atoms with Crippen molar-refractivity contribution in [3.63, 3.8) is 0 Å². The molecule has 2 saturated heterocycles. The van der Waals surface area contributed by atoms with Crippen LogP contribution in [-0.2, 0) is 14.3 Å². The summed E-state index contributed by atoms with van der Waals surface area (Å²) in [5.74, 6) is 0.820. The van der Waals surface area contributed by atoms with E-state index in [9.17, 15) is 4.79 Å². The molecule has 0 spiro atoms. The van der Waals surface area contributed by atoms with Gasteiger partial charge in [-0.15, -0.1) is 0 Å². The lowest BCUT2D eigenvalue weighted by atomic mass is 9.92. The zero-order chi connectivity index (χ0) is 22.5. The minimum Gasteiger partial charge on any atom is -0.385 e. The molecule has 0 bridgehead atoms. The molecule has 2 aliphatic heterocycles. The Hall–Kier alpha value is -2.19. The van der Waals surface area contributed by atoms with Gasteiger partial charge < -0.3 is 25.4 Å². The maximum absolute atomic E-state index is 12.5. The largest absolute Gasteiger partial charge is 0.385 e. The van der Waals surface area contributed by atoms with Crippen molar-refractivity contribution in [2.45, 2.75) is 45.0 Å². The van der Waals surface area contributed by atoms with Crippen molar-refractivity contribution in [2.75, 3.05) is 36.9 Å². The zero-order valence-electron chi connectivity index (χ0n) is 18.6. The number of carbonyl (C=O) groups is 1. The van der Waals surface area contributed by atoms with Crippen LogP contribution in [0.25, 0.3) is 11.1 Å². The minimum absolute atomic E-state index is 0.215. The van der Waals surface area contributed by atoms with E-state index < -0.39 is 6.10 Å². The summed E-state index contributed by atoms with van der Waals surface area (Å²) in [6.07, 6.45) is 3.78. The Morgan fingerprint density at radius 3 is 2.81 bits per heavy atom. The Bertz CT molecular complexity index is 925. The summed E-state index contributed by atoms with van der Waals surface area (Å²) >= 11 is 6.46. The number of hydrogen-bond donors (Lipinski definition) is 3. The molecule has 1 unspecified atom stereocenters. The van der Waals surface area contributed by atoms with Crippen molar-refractivity contribution in [3.05, 3.63) is 41.6 Å². The summed E-state index contributed by atoms with van der Waals surface area (Å²) in [4.78, 5) is 16.7. The molecule has 1 amide bonds. The first-order chi connectivity index (χ1) is 15.5. The summed E-state index contributed by atoms with van der Waals surface area (Å²) in [5.41, 5.74) is 2.81. The van der Waals surface area contributed by atoms with Crippen molar-refractivity contribution in [1.82, 2.24) is 10.3 Å². The highest BCUT2D eigenvalue weighted by molar-refractivity contribution is 6.33. The van der Waals surface area contributed by atoms with Crippen LogP contribution in [0.15, 0.2) is 36.5 Å². The smallest absolute Gasteiger partial charge is 0.255 e. The zero-order valence-corrected chi connectivity index (χ0v) is 19.3. The summed E-state index contributed by atoms with van der Waals surface area (Å²) < 4.78 is 11.4. The Kier molecular flexibility index (Phi) is 7.63. The highest BCUT2D eigenvalue weighted by Crippen LogP contribution is 2.31. The molecule has 32 heavy (non-hydrogen) atoms. The molecule has 4 rings (SSSR count). The van der Waals surface area contributed by atoms with Gasteiger partial charge in [0.2, 0.25) is 0 Å². The molecule has 2 aliphatic rings. The molecule has 1 aromatic carbocycles. The van der Waals surface area contributed by atoms with Crippen LogP contribution in [-0.4, -0.2) is 55.4 Å². The molecule has 172 valence electrons. The number of anilines is 2. The monoisotopic (exact) mass is 458 g/mol. The van der Waals surface area contributed by atoms with Crippen molar-refractivity contribution in [2.24, 2.45) is 5.92 Å². The van der Waals surface area contributed by atoms with Gasteiger partial charge in [-0.2, -0.15) is 0 Å². The predicted molar refractivity (Wildman–Crippen MR) is 127 cm³/mol. The van der Waals surface area contributed by atoms with Gasteiger partial charge in [0, 0.05) is 37.1 Å². The van der Waals surface area contributed by atoms with Crippen molar-refractivity contribution in [1.29, 1.82) is 0 Å². The number of benzene rings is 1. The summed E-state index contributed by atoms with van der Waals surface area (Å²) in [5, 5.41) is 10.1. The van der Waals surface area contributed by atoms with E-state index in [2.05, 4.69) is 46.9 Å². The number of carbonyl (C=O) groups excluding carboxylic acids is 1. The van der Waals surface area contributed by atoms with Crippen LogP contribution in [0.5, 0.6) is 0 Å². The fraction of sp³-hybridized carbons (Fsp3) is 0.500. The number of halogens is 1. The Morgan fingerprint density at radius 2 is 2.06 bits per heavy atom. The molecule has 1 aromatic heterocycles. The molecule has 8 heteroatoms. The SMILES string of the molecule is C[C@@H]1CC(CNc2cccc(-c3cc(NC(=O)[C@H]4CNCCO4)ncc3Cl)c2)C[C@H](C)O1. The minimum atomic E-state index is -0.521. The average molecular weight is 459 g/mol. The summed E-state index contributed by atoms with van der Waals surface area (Å²) in [6, 6.07) is 9.94. The second-order valence-corrected chi connectivity index (χ2v) is 9.07. The van der Waals surface area contributed by atoms with E-state index in [0.717, 1.165) is 42.7 Å². The first kappa shape index (κ1) is 23.0. The van der Waals surface area contributed by atoms with Crippen LogP contribution in [0.1, 0.15) is 26.7 Å². The maximum atomic E-state index is 12.5. The summed E-state index contributed by atoms with van der Waals surface area (Å²) in [7, 11) is 0. The lowest BCUT2D eigenvalue weighted by Gasteiger charge is -2.32. The molecule has 2 aromatic rings. The molecule has 3 N–H and O–H groups in total. The van der Waals surface area contributed by atoms with Crippen LogP contribution in [0.2, 0.25) is 5.02 Å². The third kappa shape index (κ3) is 5.98. The van der Waals surface area contributed by atoms with Gasteiger partial charge in [0.25, 0.3) is 5.91 Å². The number of ether oxygens (including phenoxy) is 2. The molecule has 0 radical (unpaired) electrons. The highest BCUT2D eigenvalue weighted by atomic mass is 35.5. The lowest BCUT2D eigenvalue weighted by Crippen LogP contribution is -2.45. The van der Waals surface area contributed by atoms with Gasteiger partial charge in [0.05, 0.1) is 23.8 Å². The number of aromatic nitrogens is 1. The van der Waals surface area contributed by atoms with Gasteiger partial charge in [-0.1, -0.05) is 23.7 Å². The van der Waals surface area contributed by atoms with E-state index in [0.29, 0.717) is 42.1 Å². The molecular formula is C24H31ClN4O3. The van der Waals surface area contributed by atoms with Gasteiger partial charge in [-0.25, -0.2) is 4.98 Å². The molecule has 3 heterocycles. The molecule has 0 saturated carbocycles. The Balaban J connectivity index is 1.43. The second-order valence-electron chi connectivity index (χ2n) is 8.66. The van der Waals surface area contributed by atoms with Crippen LogP contribution < -0.4 is 16.0 Å². The third-order valence-corrected chi connectivity index (χ3v) is 6.19. The number of pyridine rings is 1. The fourth-order valence-corrected chi connectivity index (χ4v) is 4.65. The van der Waals surface area contributed by atoms with Crippen LogP contribution in [0, 0.1) is 5.92 Å². The number of nitrogens with one attached hydrogen (secondary N) is 3. The van der Waals surface area contributed by atoms with Crippen LogP contribution in [0.4, 0.5) is 11.5 Å². The lowest BCUT2D eigenvalue weighted by molar-refractivity contribution is -0.128. The van der Waals surface area contributed by atoms with E-state index in [4.69, 9.17) is 21.1 Å². The topological polar surface area (TPSA) is 84.5 Å². The Labute approximate surface area is 194 Å². The fourth-order valence-electron chi connectivity index (χ4n) is 4.44. The van der Waals surface area contributed by atoms with Gasteiger partial charge in [0.15, 0.2) is 0 Å². The molecular weight excluding hydrogens is 428 g/mol. The number of morpholine rings is 1. The standard InChI is InChI=1S/C24H31ClN4O3/c1-15-8-17(9-16(2)32-15)12-27-19-5-3-4-18(10-19)20-11-23(28-13-21(20)25)29-24(30)22-14-26-6-7-31-22/h3-5,10-11,13,15-17,22,26-27H,6-9,12,14H2,1-2H3,(H,28,29,30)/t15-,16+,17?,22-/m1/s1. The quantitative estimate of drug-likeness (QED) is 0.608. The van der Waals surface area contributed by atoms with E-state index in [1.54, 1.807) is 12.3 Å². The molecule has 4 atom stereocenters. The third-order valence-electron chi connectivity index (χ3n) is 5.89. The van der Waals surface area contributed by atoms with E-state index in [1.165, 1.54) is 0 Å². The van der Waals surface area contributed by atoms with Crippen LogP contribution in [0.3, 0.4) is 0 Å². The first-order valence-electron chi connectivity index (χ1n) is 11.3. The number of nitrogens with zero attached hydrogens (tertiary/aromatic N) is 1. The molecule has 7 nitrogen and oxygen atoms in total. The first-order valence-corrected chi connectivity index (χ1v) is 11.6. The second kappa shape index (κ2) is 10.6. The van der Waals surface area contributed by atoms with Gasteiger partial charge in [0.1, 0.15) is 11.9 Å². The van der Waals surface area contributed by atoms with E-state index in [-0.39, 0.29) is 5.91 Å². The Morgan fingerprint density at radius 1 is 1.25 bits per heavy atom. The number of rotatable bonds is 6. The van der Waals surface area contributed by atoms with Crippen molar-refractivity contribution < 1.29 is 14.3 Å². The number of hydrogen-bond acceptors (Lipinski definition) is 6. The van der Waals surface area contributed by atoms with E-state index >= 15 is 0 Å². The average Bonchev–Trinajstić information content (AvgIpc) is 2.79. The maximum Gasteiger partial charge on any atom is 0.255 e. The molecule has 0 aliphatic carbocycles.